The second kappa shape index (κ2) is 8.31. The first-order valence-corrected chi connectivity index (χ1v) is 20.3. The molecule has 0 aliphatic heterocycles. The van der Waals surface area contributed by atoms with Crippen LogP contribution in [0.2, 0.25) is 39.3 Å². The minimum Gasteiger partial charge on any atom is -0.415 e. The molecule has 0 bridgehead atoms. The van der Waals surface area contributed by atoms with Crippen molar-refractivity contribution in [2.24, 2.45) is 40.4 Å². The van der Waals surface area contributed by atoms with Gasteiger partial charge in [0.15, 0.2) is 16.6 Å². The largest absolute Gasteiger partial charge is 0.415 e. The second-order valence-electron chi connectivity index (χ2n) is 14.4. The number of carbonyl (C=O) groups excluding carboxylic acids is 1. The van der Waals surface area contributed by atoms with Crippen LogP contribution in [0.1, 0.15) is 72.1 Å². The Morgan fingerprint density at radius 1 is 0.750 bits per heavy atom. The van der Waals surface area contributed by atoms with Crippen LogP contribution in [0.4, 0.5) is 0 Å². The molecule has 0 unspecified atom stereocenters. The lowest BCUT2D eigenvalue weighted by atomic mass is 9.44. The molecule has 0 amide bonds. The quantitative estimate of drug-likeness (QED) is 0.389. The van der Waals surface area contributed by atoms with Gasteiger partial charge in [0.2, 0.25) is 0 Å². The van der Waals surface area contributed by atoms with E-state index in [4.69, 9.17) is 8.85 Å². The second-order valence-corrected chi connectivity index (χ2v) is 23.3. The predicted molar refractivity (Wildman–Crippen MR) is 138 cm³/mol. The van der Waals surface area contributed by atoms with E-state index in [2.05, 4.69) is 53.1 Å². The van der Waals surface area contributed by atoms with Crippen LogP contribution in [0, 0.1) is 40.4 Å². The smallest absolute Gasteiger partial charge is 0.184 e. The zero-order valence-electron chi connectivity index (χ0n) is 22.4. The van der Waals surface area contributed by atoms with E-state index in [-0.39, 0.29) is 11.3 Å². The third-order valence-corrected chi connectivity index (χ3v) is 12.2. The molecule has 0 radical (unpaired) electrons. The standard InChI is InChI=1S/C27H50O3Si2/c1-18(28)21-10-11-22-20-17-25(30-32(7,8)9)24-16-19(29-31(4,5)6)12-14-27(24,3)23(20)13-15-26(21,22)2/h19-25H,10-17H2,1-9H3/t19-,20+,21-,22+,23+,24+,25+,26-,27-/m1/s1. The summed E-state index contributed by atoms with van der Waals surface area (Å²) in [6.45, 7) is 21.0. The molecule has 4 aliphatic carbocycles. The van der Waals surface area contributed by atoms with Crippen molar-refractivity contribution in [3.63, 3.8) is 0 Å². The molecule has 0 spiro atoms. The van der Waals surface area contributed by atoms with Gasteiger partial charge in [0.25, 0.3) is 0 Å². The summed E-state index contributed by atoms with van der Waals surface area (Å²) in [6.07, 6.45) is 10.7. The van der Waals surface area contributed by atoms with Gasteiger partial charge in [-0.25, -0.2) is 0 Å². The SMILES string of the molecule is CC(=O)[C@H]1CC[C@H]2[C@@H]3C[C@H](O[Si](C)(C)C)[C@@H]4C[C@H](O[Si](C)(C)C)CC[C@]4(C)[C@H]3CC[C@]12C. The van der Waals surface area contributed by atoms with Crippen LogP contribution in [0.3, 0.4) is 0 Å². The van der Waals surface area contributed by atoms with E-state index in [0.29, 0.717) is 35.2 Å². The van der Waals surface area contributed by atoms with Crippen molar-refractivity contribution in [3.8, 4) is 0 Å². The molecule has 0 heterocycles. The van der Waals surface area contributed by atoms with Gasteiger partial charge >= 0.3 is 0 Å². The summed E-state index contributed by atoms with van der Waals surface area (Å²) < 4.78 is 13.7. The van der Waals surface area contributed by atoms with E-state index in [9.17, 15) is 4.79 Å². The van der Waals surface area contributed by atoms with Gasteiger partial charge in [-0.2, -0.15) is 0 Å². The monoisotopic (exact) mass is 478 g/mol. The summed E-state index contributed by atoms with van der Waals surface area (Å²) in [4.78, 5) is 12.5. The third-order valence-electron chi connectivity index (χ3n) is 10.1. The average molecular weight is 479 g/mol. The molecule has 5 heteroatoms. The summed E-state index contributed by atoms with van der Waals surface area (Å²) in [7, 11) is -3.19. The molecule has 9 atom stereocenters. The van der Waals surface area contributed by atoms with Crippen molar-refractivity contribution in [3.05, 3.63) is 0 Å². The van der Waals surface area contributed by atoms with Crippen LogP contribution in [0.5, 0.6) is 0 Å². The Kier molecular flexibility index (Phi) is 6.52. The maximum atomic E-state index is 12.5. The molecule has 0 aromatic carbocycles. The molecule has 0 aromatic rings. The Hall–Kier alpha value is 0.0238. The van der Waals surface area contributed by atoms with Gasteiger partial charge < -0.3 is 8.85 Å². The normalized spacial score (nSPS) is 46.8. The van der Waals surface area contributed by atoms with Crippen molar-refractivity contribution < 1.29 is 13.6 Å². The molecule has 4 rings (SSSR count). The summed E-state index contributed by atoms with van der Waals surface area (Å²) in [5.41, 5.74) is 0.584. The molecule has 0 aromatic heterocycles. The number of Topliss-reactive ketones (excluding diaryl/α,β-unsaturated/α-hetero) is 1. The fraction of sp³-hybridized carbons (Fsp3) is 0.963. The Bertz CT molecular complexity index is 725. The third kappa shape index (κ3) is 4.49. The maximum absolute atomic E-state index is 12.5. The van der Waals surface area contributed by atoms with Crippen molar-refractivity contribution in [1.29, 1.82) is 0 Å². The van der Waals surface area contributed by atoms with Gasteiger partial charge in [-0.1, -0.05) is 13.8 Å². The number of carbonyl (C=O) groups is 1. The van der Waals surface area contributed by atoms with Crippen LogP contribution >= 0.6 is 0 Å². The Morgan fingerprint density at radius 2 is 1.34 bits per heavy atom. The highest BCUT2D eigenvalue weighted by Gasteiger charge is 2.63. The summed E-state index contributed by atoms with van der Waals surface area (Å²) in [5, 5.41) is 0. The van der Waals surface area contributed by atoms with E-state index < -0.39 is 16.6 Å². The summed E-state index contributed by atoms with van der Waals surface area (Å²) in [6, 6.07) is 0. The highest BCUT2D eigenvalue weighted by molar-refractivity contribution is 6.70. The Labute approximate surface area is 200 Å². The minimum atomic E-state index is -1.65. The van der Waals surface area contributed by atoms with Gasteiger partial charge in [-0.3, -0.25) is 4.79 Å². The molecule has 184 valence electrons. The van der Waals surface area contributed by atoms with E-state index in [1.54, 1.807) is 0 Å². The first-order chi connectivity index (χ1) is 14.6. The van der Waals surface area contributed by atoms with Crippen LogP contribution < -0.4 is 0 Å². The van der Waals surface area contributed by atoms with Crippen molar-refractivity contribution >= 4 is 22.4 Å². The predicted octanol–water partition coefficient (Wildman–Crippen LogP) is 7.28. The van der Waals surface area contributed by atoms with Crippen LogP contribution in [-0.4, -0.2) is 34.6 Å². The first kappa shape index (κ1) is 25.1. The molecule has 32 heavy (non-hydrogen) atoms. The summed E-state index contributed by atoms with van der Waals surface area (Å²) >= 11 is 0. The van der Waals surface area contributed by atoms with Gasteiger partial charge in [0, 0.05) is 18.1 Å². The highest BCUT2D eigenvalue weighted by Crippen LogP contribution is 2.68. The molecule has 3 nitrogen and oxygen atoms in total. The van der Waals surface area contributed by atoms with E-state index >= 15 is 0 Å². The van der Waals surface area contributed by atoms with Crippen molar-refractivity contribution in [2.75, 3.05) is 0 Å². The molecule has 0 saturated heterocycles. The van der Waals surface area contributed by atoms with Gasteiger partial charge in [0.05, 0.1) is 0 Å². The molecule has 0 N–H and O–H groups in total. The maximum Gasteiger partial charge on any atom is 0.184 e. The molecule has 4 fully saturated rings. The van der Waals surface area contributed by atoms with Gasteiger partial charge in [-0.05, 0) is 132 Å². The lowest BCUT2D eigenvalue weighted by molar-refractivity contribution is -0.166. The van der Waals surface area contributed by atoms with Crippen LogP contribution in [0.25, 0.3) is 0 Å². The summed E-state index contributed by atoms with van der Waals surface area (Å²) in [5.74, 6) is 3.58. The molecule has 4 aliphatic rings. The topological polar surface area (TPSA) is 35.5 Å². The molecule has 4 saturated carbocycles. The molecular formula is C27H50O3Si2. The minimum absolute atomic E-state index is 0.220. The van der Waals surface area contributed by atoms with Crippen molar-refractivity contribution in [2.45, 2.75) is 124 Å². The number of hydrogen-bond donors (Lipinski definition) is 0. The number of rotatable bonds is 5. The fourth-order valence-electron chi connectivity index (χ4n) is 9.09. The zero-order valence-corrected chi connectivity index (χ0v) is 24.4. The zero-order chi connectivity index (χ0) is 23.7. The number of hydrogen-bond acceptors (Lipinski definition) is 3. The van der Waals surface area contributed by atoms with Crippen molar-refractivity contribution in [1.82, 2.24) is 0 Å². The lowest BCUT2D eigenvalue weighted by Gasteiger charge is -2.63. The lowest BCUT2D eigenvalue weighted by Crippen LogP contribution is -2.60. The fourth-order valence-corrected chi connectivity index (χ4v) is 11.5. The van der Waals surface area contributed by atoms with Gasteiger partial charge in [0.1, 0.15) is 5.78 Å². The van der Waals surface area contributed by atoms with E-state index in [1.807, 2.05) is 6.92 Å². The van der Waals surface area contributed by atoms with Crippen LogP contribution in [-0.2, 0) is 13.6 Å². The number of fused-ring (bicyclic) bond motifs is 5. The molecular weight excluding hydrogens is 428 g/mol. The highest BCUT2D eigenvalue weighted by atomic mass is 28.4. The first-order valence-electron chi connectivity index (χ1n) is 13.5. The Morgan fingerprint density at radius 3 is 1.94 bits per heavy atom. The number of ketones is 1. The van der Waals surface area contributed by atoms with E-state index in [0.717, 1.165) is 18.3 Å². The van der Waals surface area contributed by atoms with Gasteiger partial charge in [-0.15, -0.1) is 0 Å². The van der Waals surface area contributed by atoms with E-state index in [1.165, 1.54) is 44.9 Å². The average Bonchev–Trinajstić information content (AvgIpc) is 2.98. The Balaban J connectivity index is 1.65. The van der Waals surface area contributed by atoms with Crippen LogP contribution in [0.15, 0.2) is 0 Å².